The third-order valence-electron chi connectivity index (χ3n) is 3.70. The minimum absolute atomic E-state index is 0.0239. The maximum Gasteiger partial charge on any atom is 0.332 e. The van der Waals surface area contributed by atoms with Gasteiger partial charge in [-0.25, -0.2) is 4.79 Å². The van der Waals surface area contributed by atoms with Crippen molar-refractivity contribution in [3.8, 4) is 5.69 Å². The molecule has 1 aliphatic carbocycles. The topological polar surface area (TPSA) is 53.0 Å². The first kappa shape index (κ1) is 11.3. The Morgan fingerprint density at radius 3 is 2.50 bits per heavy atom. The highest BCUT2D eigenvalue weighted by molar-refractivity contribution is 5.48. The van der Waals surface area contributed by atoms with Crippen molar-refractivity contribution in [2.45, 2.75) is 25.3 Å². The standard InChI is InChI=1S/C14H17N3O/c1-10-9-16(2)13(18)17(10)12-6-4-3-5-11(12)14(15)7-8-14/h3-6,9H,7-8,15H2,1-2H3. The normalized spacial score (nSPS) is 16.8. The smallest absolute Gasteiger partial charge is 0.321 e. The Bertz CT molecular complexity index is 662. The highest BCUT2D eigenvalue weighted by atomic mass is 16.1. The molecule has 4 heteroatoms. The van der Waals surface area contributed by atoms with Crippen LogP contribution in [0.2, 0.25) is 0 Å². The Morgan fingerprint density at radius 2 is 1.94 bits per heavy atom. The van der Waals surface area contributed by atoms with Gasteiger partial charge in [-0.1, -0.05) is 18.2 Å². The summed E-state index contributed by atoms with van der Waals surface area (Å²) in [5.41, 5.74) is 8.95. The van der Waals surface area contributed by atoms with Gasteiger partial charge in [-0.3, -0.25) is 4.57 Å². The lowest BCUT2D eigenvalue weighted by molar-refractivity contribution is 0.721. The van der Waals surface area contributed by atoms with E-state index in [-0.39, 0.29) is 11.2 Å². The minimum Gasteiger partial charge on any atom is -0.321 e. The number of para-hydroxylation sites is 1. The van der Waals surface area contributed by atoms with E-state index in [1.807, 2.05) is 37.4 Å². The number of nitrogens with zero attached hydrogens (tertiary/aromatic N) is 2. The monoisotopic (exact) mass is 243 g/mol. The molecule has 0 saturated heterocycles. The second-order valence-electron chi connectivity index (χ2n) is 5.17. The molecule has 0 aliphatic heterocycles. The fourth-order valence-electron chi connectivity index (χ4n) is 2.49. The predicted octanol–water partition coefficient (Wildman–Crippen LogP) is 1.43. The Morgan fingerprint density at radius 1 is 1.28 bits per heavy atom. The molecule has 94 valence electrons. The van der Waals surface area contributed by atoms with Gasteiger partial charge in [0.05, 0.1) is 5.69 Å². The molecule has 1 heterocycles. The van der Waals surface area contributed by atoms with Crippen LogP contribution in [0.4, 0.5) is 0 Å². The van der Waals surface area contributed by atoms with Crippen LogP contribution < -0.4 is 11.4 Å². The Hall–Kier alpha value is -1.81. The first-order chi connectivity index (χ1) is 8.53. The molecule has 0 amide bonds. The van der Waals surface area contributed by atoms with E-state index < -0.39 is 0 Å². The van der Waals surface area contributed by atoms with Crippen molar-refractivity contribution in [3.63, 3.8) is 0 Å². The maximum atomic E-state index is 12.2. The van der Waals surface area contributed by atoms with E-state index in [2.05, 4.69) is 0 Å². The van der Waals surface area contributed by atoms with E-state index in [9.17, 15) is 4.79 Å². The van der Waals surface area contributed by atoms with Crippen LogP contribution in [0.3, 0.4) is 0 Å². The molecule has 0 radical (unpaired) electrons. The number of imidazole rings is 1. The molecule has 1 saturated carbocycles. The summed E-state index contributed by atoms with van der Waals surface area (Å²) in [7, 11) is 1.77. The fraction of sp³-hybridized carbons (Fsp3) is 0.357. The van der Waals surface area contributed by atoms with Crippen LogP contribution in [0.25, 0.3) is 5.69 Å². The average Bonchev–Trinajstić information content (AvgIpc) is 3.03. The van der Waals surface area contributed by atoms with E-state index >= 15 is 0 Å². The van der Waals surface area contributed by atoms with Crippen molar-refractivity contribution in [1.82, 2.24) is 9.13 Å². The summed E-state index contributed by atoms with van der Waals surface area (Å²) in [5.74, 6) is 0. The van der Waals surface area contributed by atoms with E-state index in [4.69, 9.17) is 5.73 Å². The summed E-state index contributed by atoms with van der Waals surface area (Å²) in [6, 6.07) is 7.93. The summed E-state index contributed by atoms with van der Waals surface area (Å²) >= 11 is 0. The van der Waals surface area contributed by atoms with Gasteiger partial charge in [-0.05, 0) is 31.4 Å². The van der Waals surface area contributed by atoms with Crippen LogP contribution in [-0.4, -0.2) is 9.13 Å². The zero-order valence-corrected chi connectivity index (χ0v) is 10.7. The number of rotatable bonds is 2. The van der Waals surface area contributed by atoms with Gasteiger partial charge in [0, 0.05) is 24.5 Å². The number of aryl methyl sites for hydroxylation is 2. The first-order valence-electron chi connectivity index (χ1n) is 6.17. The highest BCUT2D eigenvalue weighted by Gasteiger charge is 2.42. The SMILES string of the molecule is Cc1cn(C)c(=O)n1-c1ccccc1C1(N)CC1. The molecule has 0 spiro atoms. The van der Waals surface area contributed by atoms with Crippen LogP contribution in [0.1, 0.15) is 24.1 Å². The third kappa shape index (κ3) is 1.53. The Balaban J connectivity index is 2.27. The minimum atomic E-state index is -0.238. The molecule has 18 heavy (non-hydrogen) atoms. The maximum absolute atomic E-state index is 12.2. The Kier molecular flexibility index (Phi) is 2.25. The number of hydrogen-bond acceptors (Lipinski definition) is 2. The van der Waals surface area contributed by atoms with Gasteiger partial charge < -0.3 is 10.3 Å². The molecule has 1 fully saturated rings. The molecule has 1 aromatic carbocycles. The van der Waals surface area contributed by atoms with E-state index in [0.717, 1.165) is 29.8 Å². The molecule has 0 atom stereocenters. The predicted molar refractivity (Wildman–Crippen MR) is 70.8 cm³/mol. The van der Waals surface area contributed by atoms with Crippen LogP contribution in [0.5, 0.6) is 0 Å². The molecule has 1 aromatic heterocycles. The van der Waals surface area contributed by atoms with Gasteiger partial charge in [0.15, 0.2) is 0 Å². The highest BCUT2D eigenvalue weighted by Crippen LogP contribution is 2.44. The average molecular weight is 243 g/mol. The lowest BCUT2D eigenvalue weighted by atomic mass is 10.0. The van der Waals surface area contributed by atoms with E-state index in [1.165, 1.54) is 0 Å². The van der Waals surface area contributed by atoms with Gasteiger partial charge >= 0.3 is 5.69 Å². The van der Waals surface area contributed by atoms with Crippen molar-refractivity contribution >= 4 is 0 Å². The lowest BCUT2D eigenvalue weighted by Crippen LogP contribution is -2.26. The number of benzene rings is 1. The van der Waals surface area contributed by atoms with Crippen LogP contribution >= 0.6 is 0 Å². The largest absolute Gasteiger partial charge is 0.332 e. The summed E-state index contributed by atoms with van der Waals surface area (Å²) < 4.78 is 3.34. The second-order valence-corrected chi connectivity index (χ2v) is 5.17. The van der Waals surface area contributed by atoms with Crippen LogP contribution in [-0.2, 0) is 12.6 Å². The Labute approximate surface area is 106 Å². The summed E-state index contributed by atoms with van der Waals surface area (Å²) in [6.45, 7) is 1.94. The molecule has 4 nitrogen and oxygen atoms in total. The molecular weight excluding hydrogens is 226 g/mol. The van der Waals surface area contributed by atoms with Crippen molar-refractivity contribution in [1.29, 1.82) is 0 Å². The number of aromatic nitrogens is 2. The molecule has 2 N–H and O–H groups in total. The molecule has 0 bridgehead atoms. The van der Waals surface area contributed by atoms with Gasteiger partial charge in [0.25, 0.3) is 0 Å². The van der Waals surface area contributed by atoms with E-state index in [1.54, 1.807) is 16.2 Å². The molecule has 0 unspecified atom stereocenters. The van der Waals surface area contributed by atoms with E-state index in [0.29, 0.717) is 0 Å². The molecule has 3 rings (SSSR count). The summed E-state index contributed by atoms with van der Waals surface area (Å²) in [5, 5.41) is 0. The number of nitrogens with two attached hydrogens (primary N) is 1. The quantitative estimate of drug-likeness (QED) is 0.867. The van der Waals surface area contributed by atoms with Crippen LogP contribution in [0.15, 0.2) is 35.3 Å². The van der Waals surface area contributed by atoms with Crippen LogP contribution in [0, 0.1) is 6.92 Å². The molecule has 2 aromatic rings. The van der Waals surface area contributed by atoms with Crippen molar-refractivity contribution in [2.75, 3.05) is 0 Å². The lowest BCUT2D eigenvalue weighted by Gasteiger charge is -2.16. The molecule has 1 aliphatic rings. The van der Waals surface area contributed by atoms with Gasteiger partial charge in [0.2, 0.25) is 0 Å². The van der Waals surface area contributed by atoms with Gasteiger partial charge in [0.1, 0.15) is 0 Å². The zero-order chi connectivity index (χ0) is 12.9. The van der Waals surface area contributed by atoms with Crippen molar-refractivity contribution < 1.29 is 0 Å². The fourth-order valence-corrected chi connectivity index (χ4v) is 2.49. The second kappa shape index (κ2) is 3.59. The van der Waals surface area contributed by atoms with Gasteiger partial charge in [-0.15, -0.1) is 0 Å². The first-order valence-corrected chi connectivity index (χ1v) is 6.17. The third-order valence-corrected chi connectivity index (χ3v) is 3.70. The van der Waals surface area contributed by atoms with Crippen molar-refractivity contribution in [2.24, 2.45) is 12.8 Å². The number of hydrogen-bond donors (Lipinski definition) is 1. The molecular formula is C14H17N3O. The van der Waals surface area contributed by atoms with Crippen molar-refractivity contribution in [3.05, 3.63) is 52.2 Å². The van der Waals surface area contributed by atoms with Gasteiger partial charge in [-0.2, -0.15) is 0 Å². The zero-order valence-electron chi connectivity index (χ0n) is 10.7. The summed E-state index contributed by atoms with van der Waals surface area (Å²) in [4.78, 5) is 12.2. The summed E-state index contributed by atoms with van der Waals surface area (Å²) in [6.07, 6.45) is 3.82.